The van der Waals surface area contributed by atoms with Crippen molar-refractivity contribution in [1.82, 2.24) is 10.2 Å². The summed E-state index contributed by atoms with van der Waals surface area (Å²) in [5.41, 5.74) is 0.212. The molecule has 0 aromatic carbocycles. The van der Waals surface area contributed by atoms with Crippen LogP contribution in [0.4, 0.5) is 0 Å². The first-order chi connectivity index (χ1) is 9.47. The second kappa shape index (κ2) is 6.90. The highest BCUT2D eigenvalue weighted by Gasteiger charge is 2.31. The van der Waals surface area contributed by atoms with E-state index >= 15 is 0 Å². The Hall–Kier alpha value is -0.610. The lowest BCUT2D eigenvalue weighted by Gasteiger charge is -2.40. The summed E-state index contributed by atoms with van der Waals surface area (Å²) in [5, 5.41) is 3.34. The van der Waals surface area contributed by atoms with Crippen LogP contribution in [0.2, 0.25) is 0 Å². The van der Waals surface area contributed by atoms with Gasteiger partial charge in [0, 0.05) is 5.54 Å². The summed E-state index contributed by atoms with van der Waals surface area (Å²) in [6.07, 6.45) is 4.16. The molecule has 2 fully saturated rings. The van der Waals surface area contributed by atoms with Crippen molar-refractivity contribution in [3.8, 4) is 0 Å². The molecule has 0 aromatic heterocycles. The van der Waals surface area contributed by atoms with E-state index in [9.17, 15) is 4.79 Å². The summed E-state index contributed by atoms with van der Waals surface area (Å²) < 4.78 is 5.56. The summed E-state index contributed by atoms with van der Waals surface area (Å²) in [6.45, 7) is 11.5. The predicted octanol–water partition coefficient (Wildman–Crippen LogP) is 2.04. The van der Waals surface area contributed by atoms with E-state index in [1.807, 2.05) is 0 Å². The van der Waals surface area contributed by atoms with Crippen molar-refractivity contribution in [3.63, 3.8) is 0 Å². The number of likely N-dealkylation sites (tertiary alicyclic amines) is 1. The first-order valence-electron chi connectivity index (χ1n) is 8.09. The van der Waals surface area contributed by atoms with E-state index in [1.54, 1.807) is 0 Å². The molecular formula is C16H30N2O2. The summed E-state index contributed by atoms with van der Waals surface area (Å²) in [7, 11) is 0. The van der Waals surface area contributed by atoms with E-state index in [1.165, 1.54) is 0 Å². The Morgan fingerprint density at radius 2 is 1.75 bits per heavy atom. The van der Waals surface area contributed by atoms with Crippen molar-refractivity contribution in [2.45, 2.75) is 52.0 Å². The van der Waals surface area contributed by atoms with E-state index in [-0.39, 0.29) is 17.4 Å². The highest BCUT2D eigenvalue weighted by atomic mass is 16.5. The lowest BCUT2D eigenvalue weighted by molar-refractivity contribution is -0.152. The molecule has 0 aliphatic carbocycles. The number of carbonyl (C=O) groups excluding carboxylic acids is 1. The smallest absolute Gasteiger partial charge is 0.309 e. The van der Waals surface area contributed by atoms with E-state index in [0.717, 1.165) is 51.9 Å². The lowest BCUT2D eigenvalue weighted by atomic mass is 9.93. The maximum atomic E-state index is 12.1. The topological polar surface area (TPSA) is 41.6 Å². The molecule has 0 amide bonds. The average Bonchev–Trinajstić information content (AvgIpc) is 2.45. The molecule has 0 spiro atoms. The minimum absolute atomic E-state index is 0.0390. The van der Waals surface area contributed by atoms with Crippen LogP contribution < -0.4 is 5.32 Å². The molecule has 0 unspecified atom stereocenters. The number of ether oxygens (including phenoxy) is 1. The van der Waals surface area contributed by atoms with Gasteiger partial charge in [-0.15, -0.1) is 0 Å². The molecule has 1 N–H and O–H groups in total. The highest BCUT2D eigenvalue weighted by molar-refractivity contribution is 5.72. The lowest BCUT2D eigenvalue weighted by Crippen LogP contribution is -2.47. The van der Waals surface area contributed by atoms with Crippen molar-refractivity contribution in [3.05, 3.63) is 0 Å². The van der Waals surface area contributed by atoms with Gasteiger partial charge in [0.15, 0.2) is 0 Å². The van der Waals surface area contributed by atoms with Crippen LogP contribution in [0.5, 0.6) is 0 Å². The number of hydrogen-bond donors (Lipinski definition) is 1. The Balaban J connectivity index is 1.69. The minimum Gasteiger partial charge on any atom is -0.465 e. The summed E-state index contributed by atoms with van der Waals surface area (Å²) in [6, 6.07) is 0. The Morgan fingerprint density at radius 3 is 2.30 bits per heavy atom. The first kappa shape index (κ1) is 15.8. The molecule has 0 atom stereocenters. The van der Waals surface area contributed by atoms with Gasteiger partial charge in [0.05, 0.1) is 12.5 Å². The molecule has 2 heterocycles. The van der Waals surface area contributed by atoms with Crippen LogP contribution in [0.1, 0.15) is 46.5 Å². The van der Waals surface area contributed by atoms with Crippen molar-refractivity contribution < 1.29 is 9.53 Å². The molecule has 116 valence electrons. The number of piperidine rings is 2. The van der Waals surface area contributed by atoms with Gasteiger partial charge >= 0.3 is 5.97 Å². The Morgan fingerprint density at radius 1 is 1.15 bits per heavy atom. The van der Waals surface area contributed by atoms with Crippen LogP contribution in [0.3, 0.4) is 0 Å². The standard InChI is InChI=1S/C16H30N2O2/c1-16(2,3)18-10-6-14(7-11-18)15(19)20-12-13-4-8-17-9-5-13/h13-14,17H,4-12H2,1-3H3. The number of esters is 1. The van der Waals surface area contributed by atoms with Crippen LogP contribution in [-0.2, 0) is 9.53 Å². The number of hydrogen-bond acceptors (Lipinski definition) is 4. The van der Waals surface area contributed by atoms with Crippen molar-refractivity contribution in [2.75, 3.05) is 32.8 Å². The Bertz CT molecular complexity index is 311. The minimum atomic E-state index is 0.0390. The number of nitrogens with one attached hydrogen (secondary N) is 1. The summed E-state index contributed by atoms with van der Waals surface area (Å²) in [5.74, 6) is 0.724. The van der Waals surface area contributed by atoms with Gasteiger partial charge in [0.25, 0.3) is 0 Å². The van der Waals surface area contributed by atoms with E-state index in [2.05, 4.69) is 31.0 Å². The van der Waals surface area contributed by atoms with Gasteiger partial charge in [-0.2, -0.15) is 0 Å². The van der Waals surface area contributed by atoms with Crippen molar-refractivity contribution in [1.29, 1.82) is 0 Å². The SMILES string of the molecule is CC(C)(C)N1CCC(C(=O)OCC2CCNCC2)CC1. The maximum Gasteiger partial charge on any atom is 0.309 e. The average molecular weight is 282 g/mol. The maximum absolute atomic E-state index is 12.1. The fraction of sp³-hybridized carbons (Fsp3) is 0.938. The van der Waals surface area contributed by atoms with Crippen LogP contribution in [-0.4, -0.2) is 49.2 Å². The second-order valence-corrected chi connectivity index (χ2v) is 7.26. The van der Waals surface area contributed by atoms with Gasteiger partial charge in [-0.25, -0.2) is 0 Å². The monoisotopic (exact) mass is 282 g/mol. The molecule has 0 saturated carbocycles. The molecule has 2 aliphatic heterocycles. The van der Waals surface area contributed by atoms with Crippen LogP contribution >= 0.6 is 0 Å². The molecule has 4 nitrogen and oxygen atoms in total. The fourth-order valence-corrected chi connectivity index (χ4v) is 3.15. The van der Waals surface area contributed by atoms with Gasteiger partial charge in [0.2, 0.25) is 0 Å². The molecule has 0 aromatic rings. The number of rotatable bonds is 3. The van der Waals surface area contributed by atoms with E-state index < -0.39 is 0 Å². The van der Waals surface area contributed by atoms with Gasteiger partial charge in [-0.1, -0.05) is 0 Å². The molecule has 20 heavy (non-hydrogen) atoms. The molecule has 2 rings (SSSR count). The van der Waals surface area contributed by atoms with Gasteiger partial charge in [-0.3, -0.25) is 9.69 Å². The zero-order valence-electron chi connectivity index (χ0n) is 13.3. The number of carbonyl (C=O) groups is 1. The van der Waals surface area contributed by atoms with Crippen LogP contribution in [0.25, 0.3) is 0 Å². The molecule has 0 bridgehead atoms. The quantitative estimate of drug-likeness (QED) is 0.804. The van der Waals surface area contributed by atoms with Gasteiger partial charge in [-0.05, 0) is 78.6 Å². The molecule has 0 radical (unpaired) electrons. The van der Waals surface area contributed by atoms with E-state index in [4.69, 9.17) is 4.74 Å². The third-order valence-electron chi connectivity index (χ3n) is 4.70. The third-order valence-corrected chi connectivity index (χ3v) is 4.70. The zero-order chi connectivity index (χ0) is 14.6. The summed E-state index contributed by atoms with van der Waals surface area (Å²) >= 11 is 0. The molecule has 4 heteroatoms. The first-order valence-corrected chi connectivity index (χ1v) is 8.09. The van der Waals surface area contributed by atoms with Gasteiger partial charge < -0.3 is 10.1 Å². The van der Waals surface area contributed by atoms with Crippen LogP contribution in [0, 0.1) is 11.8 Å². The second-order valence-electron chi connectivity index (χ2n) is 7.26. The zero-order valence-corrected chi connectivity index (χ0v) is 13.3. The number of nitrogens with zero attached hydrogens (tertiary/aromatic N) is 1. The largest absolute Gasteiger partial charge is 0.465 e. The molecule has 2 aliphatic rings. The van der Waals surface area contributed by atoms with Crippen molar-refractivity contribution in [2.24, 2.45) is 11.8 Å². The van der Waals surface area contributed by atoms with Gasteiger partial charge in [0.1, 0.15) is 0 Å². The third kappa shape index (κ3) is 4.45. The van der Waals surface area contributed by atoms with Crippen molar-refractivity contribution >= 4 is 5.97 Å². The van der Waals surface area contributed by atoms with Crippen LogP contribution in [0.15, 0.2) is 0 Å². The Labute approximate surface area is 123 Å². The Kier molecular flexibility index (Phi) is 5.44. The predicted molar refractivity (Wildman–Crippen MR) is 80.6 cm³/mol. The fourth-order valence-electron chi connectivity index (χ4n) is 3.15. The molecular weight excluding hydrogens is 252 g/mol. The highest BCUT2D eigenvalue weighted by Crippen LogP contribution is 2.25. The normalized spacial score (nSPS) is 23.8. The molecule has 2 saturated heterocycles. The van der Waals surface area contributed by atoms with E-state index in [0.29, 0.717) is 12.5 Å². The summed E-state index contributed by atoms with van der Waals surface area (Å²) in [4.78, 5) is 14.6.